The second-order valence-electron chi connectivity index (χ2n) is 13.2. The Labute approximate surface area is 357 Å². The summed E-state index contributed by atoms with van der Waals surface area (Å²) < 4.78 is 2.12. The summed E-state index contributed by atoms with van der Waals surface area (Å²) in [4.78, 5) is 58.3. The standard InChI is InChI=1S/C42H36N10O2S2.2H2S/c1-51(31-13-15-37-33(19-31)47-25-55-37)39(53)35(17-27-9-5-3-6-10-27)49-41-43-21-29(22-44-41)30-23-45-42(46-24-30)50-36(18-28-11-7-4-8-12-28)40(54)52(2)32-14-16-38-34(20-32)48-26-56-38;;/h3-16,19-26,35-36H,17-18H2,1-2H3,(H,43,44,49)(H,45,46,50);2*1H2/t35-,36-;;/m0../s1. The minimum absolute atomic E-state index is 0. The topological polar surface area (TPSA) is 142 Å². The van der Waals surface area contributed by atoms with E-state index in [-0.39, 0.29) is 38.8 Å². The second-order valence-corrected chi connectivity index (χ2v) is 14.9. The number of carbonyl (C=O) groups is 2. The number of rotatable bonds is 13. The van der Waals surface area contributed by atoms with E-state index in [2.05, 4.69) is 40.5 Å². The first-order valence-corrected chi connectivity index (χ1v) is 19.6. The molecule has 12 nitrogen and oxygen atoms in total. The van der Waals surface area contributed by atoms with Crippen LogP contribution in [0, 0.1) is 0 Å². The van der Waals surface area contributed by atoms with E-state index in [9.17, 15) is 9.59 Å². The van der Waals surface area contributed by atoms with Crippen LogP contribution in [-0.2, 0) is 22.4 Å². The van der Waals surface area contributed by atoms with Gasteiger partial charge in [0, 0.05) is 74.2 Å². The molecule has 0 aliphatic rings. The molecule has 0 unspecified atom stereocenters. The molecule has 8 rings (SSSR count). The number of carbonyl (C=O) groups excluding carboxylic acids is 2. The number of nitrogens with zero attached hydrogens (tertiary/aromatic N) is 8. The molecule has 0 radical (unpaired) electrons. The van der Waals surface area contributed by atoms with E-state index in [4.69, 9.17) is 0 Å². The summed E-state index contributed by atoms with van der Waals surface area (Å²) in [5.74, 6) is 0.351. The van der Waals surface area contributed by atoms with Gasteiger partial charge in [-0.1, -0.05) is 60.7 Å². The number of anilines is 4. The molecule has 0 bridgehead atoms. The molecule has 0 aliphatic heterocycles. The number of benzene rings is 4. The number of amides is 2. The molecule has 2 amide bonds. The van der Waals surface area contributed by atoms with Crippen molar-refractivity contribution in [2.75, 3.05) is 34.5 Å². The molecule has 4 heterocycles. The molecule has 2 N–H and O–H groups in total. The Hall–Kier alpha value is -5.94. The molecular weight excluding hydrogens is 805 g/mol. The quantitative estimate of drug-likeness (QED) is 0.118. The molecule has 0 spiro atoms. The fourth-order valence-electron chi connectivity index (χ4n) is 6.35. The van der Waals surface area contributed by atoms with Crippen LogP contribution < -0.4 is 20.4 Å². The van der Waals surface area contributed by atoms with Gasteiger partial charge in [-0.25, -0.2) is 29.9 Å². The van der Waals surface area contributed by atoms with Gasteiger partial charge in [0.05, 0.1) is 31.5 Å². The highest BCUT2D eigenvalue weighted by Gasteiger charge is 2.26. The third-order valence-corrected chi connectivity index (χ3v) is 11.1. The number of thiazole rings is 2. The molecule has 4 aromatic heterocycles. The van der Waals surface area contributed by atoms with Crippen LogP contribution in [0.5, 0.6) is 0 Å². The molecule has 0 aliphatic carbocycles. The van der Waals surface area contributed by atoms with Gasteiger partial charge in [0.2, 0.25) is 23.7 Å². The van der Waals surface area contributed by atoms with E-state index in [0.29, 0.717) is 35.9 Å². The fourth-order valence-corrected chi connectivity index (χ4v) is 7.66. The Morgan fingerprint density at radius 2 is 0.931 bits per heavy atom. The molecule has 0 saturated carbocycles. The lowest BCUT2D eigenvalue weighted by molar-refractivity contribution is -0.119. The summed E-state index contributed by atoms with van der Waals surface area (Å²) >= 11 is 3.12. The number of hydrogen-bond donors (Lipinski definition) is 2. The highest BCUT2D eigenvalue weighted by molar-refractivity contribution is 7.59. The van der Waals surface area contributed by atoms with Crippen LogP contribution in [0.4, 0.5) is 23.3 Å². The number of likely N-dealkylation sites (N-methyl/N-ethyl adjacent to an activating group) is 2. The van der Waals surface area contributed by atoms with Crippen LogP contribution >= 0.6 is 49.7 Å². The average molecular weight is 845 g/mol. The second kappa shape index (κ2) is 19.0. The molecule has 2 atom stereocenters. The van der Waals surface area contributed by atoms with Gasteiger partial charge in [-0.3, -0.25) is 9.59 Å². The van der Waals surface area contributed by atoms with Gasteiger partial charge >= 0.3 is 0 Å². The van der Waals surface area contributed by atoms with Gasteiger partial charge in [0.15, 0.2) is 0 Å². The fraction of sp³-hybridized carbons (Fsp3) is 0.143. The van der Waals surface area contributed by atoms with E-state index in [1.165, 1.54) is 0 Å². The highest BCUT2D eigenvalue weighted by atomic mass is 32.1. The van der Waals surface area contributed by atoms with E-state index in [1.807, 2.05) is 97.1 Å². The number of fused-ring (bicyclic) bond motifs is 2. The Balaban J connectivity index is 0.00000283. The maximum Gasteiger partial charge on any atom is 0.249 e. The van der Waals surface area contributed by atoms with Crippen molar-refractivity contribution in [1.29, 1.82) is 0 Å². The third-order valence-electron chi connectivity index (χ3n) is 9.47. The van der Waals surface area contributed by atoms with Crippen LogP contribution in [0.2, 0.25) is 0 Å². The Bertz CT molecular complexity index is 2410. The van der Waals surface area contributed by atoms with Crippen LogP contribution in [0.25, 0.3) is 31.6 Å². The van der Waals surface area contributed by atoms with E-state index >= 15 is 0 Å². The normalized spacial score (nSPS) is 11.8. The van der Waals surface area contributed by atoms with Crippen molar-refractivity contribution in [3.63, 3.8) is 0 Å². The summed E-state index contributed by atoms with van der Waals surface area (Å²) in [5.41, 5.74) is 10.2. The minimum atomic E-state index is -0.645. The zero-order chi connectivity index (χ0) is 38.4. The van der Waals surface area contributed by atoms with Crippen LogP contribution in [0.1, 0.15) is 11.1 Å². The maximum absolute atomic E-state index is 14.0. The molecule has 8 aromatic rings. The van der Waals surface area contributed by atoms with Crippen molar-refractivity contribution >= 4 is 105 Å². The van der Waals surface area contributed by atoms with Crippen molar-refractivity contribution < 1.29 is 9.59 Å². The Morgan fingerprint density at radius 3 is 1.31 bits per heavy atom. The number of aromatic nitrogens is 6. The molecular formula is C42H40N10O2S4. The lowest BCUT2D eigenvalue weighted by atomic mass is 10.0. The highest BCUT2D eigenvalue weighted by Crippen LogP contribution is 2.27. The first kappa shape index (κ1) is 41.7. The predicted octanol–water partition coefficient (Wildman–Crippen LogP) is 7.75. The van der Waals surface area contributed by atoms with Crippen molar-refractivity contribution in [3.8, 4) is 11.1 Å². The molecule has 0 fully saturated rings. The Morgan fingerprint density at radius 1 is 0.552 bits per heavy atom. The third kappa shape index (κ3) is 9.59. The van der Waals surface area contributed by atoms with Gasteiger partial charge < -0.3 is 20.4 Å². The largest absolute Gasteiger partial charge is 0.342 e. The maximum atomic E-state index is 14.0. The summed E-state index contributed by atoms with van der Waals surface area (Å²) in [6.45, 7) is 0. The minimum Gasteiger partial charge on any atom is -0.342 e. The lowest BCUT2D eigenvalue weighted by Gasteiger charge is -2.25. The predicted molar refractivity (Wildman–Crippen MR) is 245 cm³/mol. The van der Waals surface area contributed by atoms with Gasteiger partial charge in [-0.15, -0.1) is 22.7 Å². The summed E-state index contributed by atoms with van der Waals surface area (Å²) in [5, 5.41) is 6.54. The van der Waals surface area contributed by atoms with Gasteiger partial charge in [-0.05, 0) is 47.5 Å². The van der Waals surface area contributed by atoms with Gasteiger partial charge in [-0.2, -0.15) is 27.0 Å². The molecule has 16 heteroatoms. The van der Waals surface area contributed by atoms with E-state index in [0.717, 1.165) is 42.9 Å². The zero-order valence-corrected chi connectivity index (χ0v) is 35.1. The molecule has 294 valence electrons. The van der Waals surface area contributed by atoms with Gasteiger partial charge in [0.25, 0.3) is 0 Å². The van der Waals surface area contributed by atoms with Crippen molar-refractivity contribution in [1.82, 2.24) is 29.9 Å². The van der Waals surface area contributed by atoms with E-state index < -0.39 is 12.1 Å². The van der Waals surface area contributed by atoms with Gasteiger partial charge in [0.1, 0.15) is 12.1 Å². The zero-order valence-electron chi connectivity index (χ0n) is 31.5. The number of hydrogen-bond acceptors (Lipinski definition) is 12. The molecule has 0 saturated heterocycles. The summed E-state index contributed by atoms with van der Waals surface area (Å²) in [7, 11) is 3.53. The summed E-state index contributed by atoms with van der Waals surface area (Å²) in [6.07, 6.45) is 7.53. The van der Waals surface area contributed by atoms with Crippen molar-refractivity contribution in [2.24, 2.45) is 0 Å². The first-order valence-electron chi connectivity index (χ1n) is 17.8. The van der Waals surface area contributed by atoms with Crippen LogP contribution in [0.3, 0.4) is 0 Å². The van der Waals surface area contributed by atoms with Crippen molar-refractivity contribution in [3.05, 3.63) is 144 Å². The lowest BCUT2D eigenvalue weighted by Crippen LogP contribution is -2.42. The SMILES string of the molecule is CN(C(=O)[C@H](Cc1ccccc1)Nc1ncc(-c2cnc(N[C@@H](Cc3ccccc3)C(=O)N(C)c3ccc4scnc4c3)nc2)cn1)c1ccc2scnc2c1.S.S. The first-order chi connectivity index (χ1) is 27.4. The molecule has 58 heavy (non-hydrogen) atoms. The Kier molecular flexibility index (Phi) is 13.7. The smallest absolute Gasteiger partial charge is 0.249 e. The van der Waals surface area contributed by atoms with Crippen molar-refractivity contribution in [2.45, 2.75) is 24.9 Å². The number of nitrogens with one attached hydrogen (secondary N) is 2. The summed E-state index contributed by atoms with van der Waals surface area (Å²) in [6, 6.07) is 30.0. The monoisotopic (exact) mass is 844 g/mol. The van der Waals surface area contributed by atoms with E-state index in [1.54, 1.807) is 82.4 Å². The van der Waals surface area contributed by atoms with Crippen LogP contribution in [0.15, 0.2) is 133 Å². The average Bonchev–Trinajstić information content (AvgIpc) is 3.93. The van der Waals surface area contributed by atoms with Crippen LogP contribution in [-0.4, -0.2) is 67.9 Å². The molecule has 4 aromatic carbocycles.